The van der Waals surface area contributed by atoms with Gasteiger partial charge < -0.3 is 10.4 Å². The fourth-order valence-corrected chi connectivity index (χ4v) is 2.55. The molecule has 4 nitrogen and oxygen atoms in total. The van der Waals surface area contributed by atoms with E-state index in [4.69, 9.17) is 5.11 Å². The number of carboxylic acid groups (broad SMARTS) is 1. The van der Waals surface area contributed by atoms with Gasteiger partial charge in [-0.3, -0.25) is 9.59 Å². The van der Waals surface area contributed by atoms with Crippen molar-refractivity contribution in [1.82, 2.24) is 5.32 Å². The molecule has 1 amide bonds. The van der Waals surface area contributed by atoms with Gasteiger partial charge in [-0.1, -0.05) is 49.4 Å². The highest BCUT2D eigenvalue weighted by atomic mass is 19.1. The highest BCUT2D eigenvalue weighted by Gasteiger charge is 2.19. The van der Waals surface area contributed by atoms with Gasteiger partial charge in [0.05, 0.1) is 12.5 Å². The molecule has 5 heteroatoms. The van der Waals surface area contributed by atoms with Crippen LogP contribution in [0.1, 0.15) is 42.9 Å². The summed E-state index contributed by atoms with van der Waals surface area (Å²) in [4.78, 5) is 23.3. The summed E-state index contributed by atoms with van der Waals surface area (Å²) in [6, 6.07) is 14.4. The number of nitrogens with one attached hydrogen (secondary N) is 1. The SMILES string of the molecule is CC(CC(=O)NC(CC(=O)O)c1ccc(F)cc1)c1ccccc1. The largest absolute Gasteiger partial charge is 0.481 e. The summed E-state index contributed by atoms with van der Waals surface area (Å²) in [5.74, 6) is -1.65. The molecule has 2 aromatic carbocycles. The topological polar surface area (TPSA) is 66.4 Å². The molecule has 0 radical (unpaired) electrons. The quantitative estimate of drug-likeness (QED) is 0.815. The molecule has 0 spiro atoms. The van der Waals surface area contributed by atoms with E-state index in [2.05, 4.69) is 5.32 Å². The fraction of sp³-hybridized carbons (Fsp3) is 0.263. The minimum atomic E-state index is -1.03. The smallest absolute Gasteiger partial charge is 0.305 e. The lowest BCUT2D eigenvalue weighted by Crippen LogP contribution is -2.30. The predicted octanol–water partition coefficient (Wildman–Crippen LogP) is 3.65. The summed E-state index contributed by atoms with van der Waals surface area (Å²) < 4.78 is 13.0. The number of carboxylic acids is 1. The summed E-state index contributed by atoms with van der Waals surface area (Å²) in [6.45, 7) is 1.94. The van der Waals surface area contributed by atoms with Gasteiger partial charge in [0.2, 0.25) is 5.91 Å². The number of amides is 1. The number of carbonyl (C=O) groups is 2. The molecular formula is C19H20FNO3. The minimum absolute atomic E-state index is 0.0184. The van der Waals surface area contributed by atoms with Gasteiger partial charge >= 0.3 is 5.97 Å². The molecule has 0 saturated carbocycles. The zero-order valence-corrected chi connectivity index (χ0v) is 13.4. The Morgan fingerprint density at radius 2 is 1.62 bits per heavy atom. The summed E-state index contributed by atoms with van der Waals surface area (Å²) in [7, 11) is 0. The van der Waals surface area contributed by atoms with Gasteiger partial charge in [0.25, 0.3) is 0 Å². The van der Waals surface area contributed by atoms with Crippen molar-refractivity contribution in [2.24, 2.45) is 0 Å². The second-order valence-electron chi connectivity index (χ2n) is 5.79. The van der Waals surface area contributed by atoms with Crippen molar-refractivity contribution in [3.8, 4) is 0 Å². The van der Waals surface area contributed by atoms with E-state index < -0.39 is 17.8 Å². The van der Waals surface area contributed by atoms with Gasteiger partial charge in [-0.15, -0.1) is 0 Å². The second-order valence-corrected chi connectivity index (χ2v) is 5.79. The van der Waals surface area contributed by atoms with E-state index in [0.29, 0.717) is 5.56 Å². The Bertz CT molecular complexity index is 686. The van der Waals surface area contributed by atoms with Gasteiger partial charge in [-0.05, 0) is 29.2 Å². The lowest BCUT2D eigenvalue weighted by atomic mass is 9.97. The molecule has 0 aliphatic rings. The molecule has 0 bridgehead atoms. The molecule has 2 N–H and O–H groups in total. The molecule has 0 aliphatic carbocycles. The standard InChI is InChI=1S/C19H20FNO3/c1-13(14-5-3-2-4-6-14)11-18(22)21-17(12-19(23)24)15-7-9-16(20)10-8-15/h2-10,13,17H,11-12H2,1H3,(H,21,22)(H,23,24). The first kappa shape index (κ1) is 17.7. The van der Waals surface area contributed by atoms with Crippen LogP contribution in [0.4, 0.5) is 4.39 Å². The number of rotatable bonds is 7. The van der Waals surface area contributed by atoms with Gasteiger partial charge in [0, 0.05) is 6.42 Å². The Kier molecular flexibility index (Phi) is 6.07. The highest BCUT2D eigenvalue weighted by molar-refractivity contribution is 5.78. The maximum atomic E-state index is 13.0. The number of hydrogen-bond acceptors (Lipinski definition) is 2. The van der Waals surface area contributed by atoms with Crippen molar-refractivity contribution in [3.05, 3.63) is 71.5 Å². The van der Waals surface area contributed by atoms with Gasteiger partial charge in [0.15, 0.2) is 0 Å². The Hall–Kier alpha value is -2.69. The van der Waals surface area contributed by atoms with Crippen LogP contribution in [0.2, 0.25) is 0 Å². The number of hydrogen-bond donors (Lipinski definition) is 2. The number of benzene rings is 2. The van der Waals surface area contributed by atoms with Crippen LogP contribution in [0.25, 0.3) is 0 Å². The minimum Gasteiger partial charge on any atom is -0.481 e. The van der Waals surface area contributed by atoms with Crippen LogP contribution < -0.4 is 5.32 Å². The lowest BCUT2D eigenvalue weighted by molar-refractivity contribution is -0.137. The monoisotopic (exact) mass is 329 g/mol. The molecular weight excluding hydrogens is 309 g/mol. The molecule has 0 saturated heterocycles. The van der Waals surface area contributed by atoms with Crippen molar-refractivity contribution in [2.75, 3.05) is 0 Å². The molecule has 2 rings (SSSR count). The summed E-state index contributed by atoms with van der Waals surface area (Å²) in [6.07, 6.45) is -0.00157. The van der Waals surface area contributed by atoms with Crippen LogP contribution in [-0.4, -0.2) is 17.0 Å². The molecule has 24 heavy (non-hydrogen) atoms. The normalized spacial score (nSPS) is 13.1. The lowest BCUT2D eigenvalue weighted by Gasteiger charge is -2.19. The van der Waals surface area contributed by atoms with E-state index in [1.165, 1.54) is 24.3 Å². The van der Waals surface area contributed by atoms with E-state index in [1.807, 2.05) is 37.3 Å². The van der Waals surface area contributed by atoms with E-state index >= 15 is 0 Å². The van der Waals surface area contributed by atoms with Crippen LogP contribution in [0.15, 0.2) is 54.6 Å². The van der Waals surface area contributed by atoms with Gasteiger partial charge in [0.1, 0.15) is 5.82 Å². The predicted molar refractivity (Wildman–Crippen MR) is 89.0 cm³/mol. The molecule has 0 aromatic heterocycles. The molecule has 0 heterocycles. The molecule has 2 atom stereocenters. The van der Waals surface area contributed by atoms with Crippen molar-refractivity contribution in [1.29, 1.82) is 0 Å². The van der Waals surface area contributed by atoms with E-state index in [9.17, 15) is 14.0 Å². The van der Waals surface area contributed by atoms with E-state index in [0.717, 1.165) is 5.56 Å². The fourth-order valence-electron chi connectivity index (χ4n) is 2.55. The van der Waals surface area contributed by atoms with Crippen LogP contribution in [0, 0.1) is 5.82 Å². The van der Waals surface area contributed by atoms with Crippen molar-refractivity contribution in [2.45, 2.75) is 31.7 Å². The molecule has 0 fully saturated rings. The molecule has 2 unspecified atom stereocenters. The zero-order valence-electron chi connectivity index (χ0n) is 13.4. The number of carbonyl (C=O) groups excluding carboxylic acids is 1. The second kappa shape index (κ2) is 8.24. The number of aliphatic carboxylic acids is 1. The Morgan fingerprint density at radius 1 is 1.00 bits per heavy atom. The average molecular weight is 329 g/mol. The molecule has 0 aliphatic heterocycles. The third kappa shape index (κ3) is 5.19. The maximum absolute atomic E-state index is 13.0. The summed E-state index contributed by atoms with van der Waals surface area (Å²) >= 11 is 0. The van der Waals surface area contributed by atoms with Gasteiger partial charge in [-0.2, -0.15) is 0 Å². The van der Waals surface area contributed by atoms with Crippen molar-refractivity contribution < 1.29 is 19.1 Å². The zero-order chi connectivity index (χ0) is 17.5. The van der Waals surface area contributed by atoms with Crippen molar-refractivity contribution in [3.63, 3.8) is 0 Å². The molecule has 2 aromatic rings. The highest BCUT2D eigenvalue weighted by Crippen LogP contribution is 2.21. The van der Waals surface area contributed by atoms with E-state index in [1.54, 1.807) is 0 Å². The summed E-state index contributed by atoms with van der Waals surface area (Å²) in [5.41, 5.74) is 1.61. The molecule has 126 valence electrons. The van der Waals surface area contributed by atoms with Gasteiger partial charge in [-0.25, -0.2) is 4.39 Å². The maximum Gasteiger partial charge on any atom is 0.305 e. The Balaban J connectivity index is 2.04. The van der Waals surface area contributed by atoms with Crippen LogP contribution >= 0.6 is 0 Å². The first-order valence-electron chi connectivity index (χ1n) is 7.77. The summed E-state index contributed by atoms with van der Waals surface area (Å²) in [5, 5.41) is 11.8. The van der Waals surface area contributed by atoms with Crippen LogP contribution in [0.3, 0.4) is 0 Å². The van der Waals surface area contributed by atoms with Crippen LogP contribution in [0.5, 0.6) is 0 Å². The van der Waals surface area contributed by atoms with E-state index in [-0.39, 0.29) is 24.7 Å². The third-order valence-electron chi connectivity index (χ3n) is 3.85. The Labute approximate surface area is 140 Å². The average Bonchev–Trinajstić information content (AvgIpc) is 2.55. The van der Waals surface area contributed by atoms with Crippen LogP contribution in [-0.2, 0) is 9.59 Å². The first-order valence-corrected chi connectivity index (χ1v) is 7.77. The van der Waals surface area contributed by atoms with Crippen molar-refractivity contribution >= 4 is 11.9 Å². The third-order valence-corrected chi connectivity index (χ3v) is 3.85. The number of halogens is 1. The Morgan fingerprint density at radius 3 is 2.21 bits per heavy atom. The first-order chi connectivity index (χ1) is 11.5.